The highest BCUT2D eigenvalue weighted by atomic mass is 32.1. The van der Waals surface area contributed by atoms with Gasteiger partial charge >= 0.3 is 5.97 Å². The molecule has 1 N–H and O–H groups in total. The highest BCUT2D eigenvalue weighted by Gasteiger charge is 2.13. The number of nitrogens with zero attached hydrogens (tertiary/aromatic N) is 3. The molecule has 1 rings (SSSR count). The van der Waals surface area contributed by atoms with E-state index < -0.39 is 5.97 Å². The molecule has 0 spiro atoms. The van der Waals surface area contributed by atoms with Crippen molar-refractivity contribution in [2.24, 2.45) is 0 Å². The van der Waals surface area contributed by atoms with Crippen LogP contribution in [0.15, 0.2) is 18.0 Å². The molecule has 0 aliphatic rings. The Hall–Kier alpha value is -1.73. The summed E-state index contributed by atoms with van der Waals surface area (Å²) in [6.07, 6.45) is 1.93. The molecule has 0 saturated heterocycles. The third-order valence-corrected chi connectivity index (χ3v) is 3.43. The van der Waals surface area contributed by atoms with Crippen molar-refractivity contribution in [2.75, 3.05) is 27.2 Å². The van der Waals surface area contributed by atoms with Gasteiger partial charge in [-0.15, -0.1) is 17.9 Å². The van der Waals surface area contributed by atoms with Crippen LogP contribution in [0, 0.1) is 0 Å². The third kappa shape index (κ3) is 5.50. The Morgan fingerprint density at radius 3 is 2.75 bits per heavy atom. The first kappa shape index (κ1) is 16.3. The molecule has 0 bridgehead atoms. The topological polar surface area (TPSA) is 73.7 Å². The number of carbonyl (C=O) groups excluding carboxylic acids is 1. The Morgan fingerprint density at radius 1 is 1.50 bits per heavy atom. The van der Waals surface area contributed by atoms with Gasteiger partial charge in [-0.1, -0.05) is 6.08 Å². The number of hydrogen-bond donors (Lipinski definition) is 1. The van der Waals surface area contributed by atoms with Crippen LogP contribution in [0.3, 0.4) is 0 Å². The summed E-state index contributed by atoms with van der Waals surface area (Å²) in [5.74, 6) is -0.885. The fourth-order valence-corrected chi connectivity index (χ4v) is 2.35. The van der Waals surface area contributed by atoms with Gasteiger partial charge < -0.3 is 10.0 Å². The molecule has 110 valence electrons. The molecule has 0 saturated carbocycles. The molecule has 20 heavy (non-hydrogen) atoms. The van der Waals surface area contributed by atoms with Gasteiger partial charge in [0.25, 0.3) is 0 Å². The fourth-order valence-electron chi connectivity index (χ4n) is 1.58. The van der Waals surface area contributed by atoms with Crippen molar-refractivity contribution in [3.8, 4) is 0 Å². The Bertz CT molecular complexity index is 485. The van der Waals surface area contributed by atoms with E-state index in [1.54, 1.807) is 25.1 Å². The SMILES string of the molecule is C=CCN(CC(=O)O)Cc1csc(CC(=O)N(C)C)n1. The minimum Gasteiger partial charge on any atom is -0.480 e. The minimum atomic E-state index is -0.884. The molecule has 0 aliphatic carbocycles. The Morgan fingerprint density at radius 2 is 2.20 bits per heavy atom. The second-order valence-corrected chi connectivity index (χ2v) is 5.49. The molecule has 0 aliphatic heterocycles. The average molecular weight is 297 g/mol. The highest BCUT2D eigenvalue weighted by molar-refractivity contribution is 7.09. The number of carboxylic acids is 1. The van der Waals surface area contributed by atoms with Gasteiger partial charge in [-0.3, -0.25) is 14.5 Å². The van der Waals surface area contributed by atoms with E-state index in [1.807, 2.05) is 5.38 Å². The molecule has 0 radical (unpaired) electrons. The van der Waals surface area contributed by atoms with E-state index in [0.717, 1.165) is 10.7 Å². The van der Waals surface area contributed by atoms with Crippen molar-refractivity contribution < 1.29 is 14.7 Å². The van der Waals surface area contributed by atoms with Gasteiger partial charge in [0.1, 0.15) is 5.01 Å². The molecule has 1 aromatic rings. The Kier molecular flexibility index (Phi) is 6.33. The number of hydrogen-bond acceptors (Lipinski definition) is 5. The van der Waals surface area contributed by atoms with Crippen LogP contribution < -0.4 is 0 Å². The summed E-state index contributed by atoms with van der Waals surface area (Å²) in [5, 5.41) is 11.4. The monoisotopic (exact) mass is 297 g/mol. The van der Waals surface area contributed by atoms with E-state index in [9.17, 15) is 9.59 Å². The number of likely N-dealkylation sites (N-methyl/N-ethyl adjacent to an activating group) is 1. The van der Waals surface area contributed by atoms with Crippen molar-refractivity contribution in [3.05, 3.63) is 28.7 Å². The molecule has 6 nitrogen and oxygen atoms in total. The van der Waals surface area contributed by atoms with Gasteiger partial charge in [0.05, 0.1) is 18.7 Å². The van der Waals surface area contributed by atoms with E-state index in [2.05, 4.69) is 11.6 Å². The fraction of sp³-hybridized carbons (Fsp3) is 0.462. The van der Waals surface area contributed by atoms with E-state index in [1.165, 1.54) is 16.2 Å². The van der Waals surface area contributed by atoms with Crippen LogP contribution in [0.5, 0.6) is 0 Å². The summed E-state index contributed by atoms with van der Waals surface area (Å²) < 4.78 is 0. The quantitative estimate of drug-likeness (QED) is 0.720. The molecule has 1 aromatic heterocycles. The maximum absolute atomic E-state index is 11.6. The highest BCUT2D eigenvalue weighted by Crippen LogP contribution is 2.13. The number of carbonyl (C=O) groups is 2. The van der Waals surface area contributed by atoms with E-state index in [4.69, 9.17) is 5.11 Å². The van der Waals surface area contributed by atoms with Gasteiger partial charge in [0, 0.05) is 32.6 Å². The van der Waals surface area contributed by atoms with Crippen LogP contribution in [-0.4, -0.2) is 59.0 Å². The van der Waals surface area contributed by atoms with E-state index in [-0.39, 0.29) is 18.9 Å². The van der Waals surface area contributed by atoms with Crippen molar-refractivity contribution in [3.63, 3.8) is 0 Å². The van der Waals surface area contributed by atoms with Crippen LogP contribution >= 0.6 is 11.3 Å². The number of carboxylic acid groups (broad SMARTS) is 1. The van der Waals surface area contributed by atoms with E-state index in [0.29, 0.717) is 13.1 Å². The summed E-state index contributed by atoms with van der Waals surface area (Å²) in [4.78, 5) is 30.0. The number of thiazole rings is 1. The van der Waals surface area contributed by atoms with Crippen LogP contribution in [0.2, 0.25) is 0 Å². The minimum absolute atomic E-state index is 0.000571. The van der Waals surface area contributed by atoms with E-state index >= 15 is 0 Å². The average Bonchev–Trinajstić information content (AvgIpc) is 2.75. The Labute approximate surface area is 122 Å². The standard InChI is InChI=1S/C13H19N3O3S/c1-4-5-16(8-13(18)19)7-10-9-20-11(14-10)6-12(17)15(2)3/h4,9H,1,5-8H2,2-3H3,(H,18,19). The first-order valence-electron chi connectivity index (χ1n) is 6.10. The summed E-state index contributed by atoms with van der Waals surface area (Å²) in [6.45, 7) is 4.47. The molecule has 0 atom stereocenters. The van der Waals surface area contributed by atoms with Crippen LogP contribution in [0.1, 0.15) is 10.7 Å². The summed E-state index contributed by atoms with van der Waals surface area (Å²) in [7, 11) is 3.41. The van der Waals surface area contributed by atoms with Crippen molar-refractivity contribution in [1.29, 1.82) is 0 Å². The predicted octanol–water partition coefficient (Wildman–Crippen LogP) is 0.846. The number of aliphatic carboxylic acids is 1. The van der Waals surface area contributed by atoms with Gasteiger partial charge in [0.15, 0.2) is 0 Å². The molecule has 7 heteroatoms. The second kappa shape index (κ2) is 7.76. The zero-order valence-corrected chi connectivity index (χ0v) is 12.5. The van der Waals surface area contributed by atoms with Gasteiger partial charge in [-0.2, -0.15) is 0 Å². The zero-order valence-electron chi connectivity index (χ0n) is 11.7. The lowest BCUT2D eigenvalue weighted by molar-refractivity contribution is -0.138. The largest absolute Gasteiger partial charge is 0.480 e. The normalized spacial score (nSPS) is 10.6. The summed E-state index contributed by atoms with van der Waals surface area (Å²) in [6, 6.07) is 0. The first-order valence-corrected chi connectivity index (χ1v) is 6.98. The smallest absolute Gasteiger partial charge is 0.317 e. The third-order valence-electron chi connectivity index (χ3n) is 2.53. The summed E-state index contributed by atoms with van der Waals surface area (Å²) in [5.41, 5.74) is 0.777. The summed E-state index contributed by atoms with van der Waals surface area (Å²) >= 11 is 1.42. The zero-order chi connectivity index (χ0) is 15.1. The molecular formula is C13H19N3O3S. The lowest BCUT2D eigenvalue weighted by atomic mass is 10.3. The number of rotatable bonds is 8. The molecular weight excluding hydrogens is 278 g/mol. The number of aromatic nitrogens is 1. The van der Waals surface area contributed by atoms with Crippen molar-refractivity contribution >= 4 is 23.2 Å². The first-order chi connectivity index (χ1) is 9.42. The van der Waals surface area contributed by atoms with Gasteiger partial charge in [-0.05, 0) is 0 Å². The number of amides is 1. The van der Waals surface area contributed by atoms with Gasteiger partial charge in [-0.25, -0.2) is 4.98 Å². The molecule has 1 amide bonds. The molecule has 0 fully saturated rings. The molecule has 0 unspecified atom stereocenters. The van der Waals surface area contributed by atoms with Crippen LogP contribution in [-0.2, 0) is 22.6 Å². The van der Waals surface area contributed by atoms with Crippen molar-refractivity contribution in [1.82, 2.24) is 14.8 Å². The maximum atomic E-state index is 11.6. The van der Waals surface area contributed by atoms with Crippen LogP contribution in [0.4, 0.5) is 0 Å². The lowest BCUT2D eigenvalue weighted by Crippen LogP contribution is -2.29. The second-order valence-electron chi connectivity index (χ2n) is 4.55. The molecule has 0 aromatic carbocycles. The van der Waals surface area contributed by atoms with Gasteiger partial charge in [0.2, 0.25) is 5.91 Å². The molecule has 1 heterocycles. The lowest BCUT2D eigenvalue weighted by Gasteiger charge is -2.16. The predicted molar refractivity (Wildman–Crippen MR) is 77.6 cm³/mol. The van der Waals surface area contributed by atoms with Crippen LogP contribution in [0.25, 0.3) is 0 Å². The Balaban J connectivity index is 2.63. The maximum Gasteiger partial charge on any atom is 0.317 e. The van der Waals surface area contributed by atoms with Crippen molar-refractivity contribution in [2.45, 2.75) is 13.0 Å².